The third-order valence-electron chi connectivity index (χ3n) is 3.84. The van der Waals surface area contributed by atoms with Crippen molar-refractivity contribution < 1.29 is 40.5 Å². The average molecular weight is 477 g/mol. The SMILES string of the molecule is CCC(C)(C)c1ccc([IH+])cc1.O=[N+]([O-])c1cccc(S(=O)(=O)[O-])c1. The van der Waals surface area contributed by atoms with Gasteiger partial charge in [-0.3, -0.25) is 10.1 Å². The molecule has 2 aromatic rings. The van der Waals surface area contributed by atoms with Crippen molar-refractivity contribution in [2.24, 2.45) is 0 Å². The number of nitro benzene ring substituents is 1. The molecule has 0 aliphatic rings. The minimum atomic E-state index is -4.61. The summed E-state index contributed by atoms with van der Waals surface area (Å²) in [4.78, 5) is 8.82. The number of rotatable bonds is 4. The molecule has 6 nitrogen and oxygen atoms in total. The summed E-state index contributed by atoms with van der Waals surface area (Å²) in [6.07, 6.45) is 1.19. The third-order valence-corrected chi connectivity index (χ3v) is 5.44. The lowest BCUT2D eigenvalue weighted by Crippen LogP contribution is -3.34. The quantitative estimate of drug-likeness (QED) is 0.274. The zero-order valence-corrected chi connectivity index (χ0v) is 17.3. The molecule has 0 N–H and O–H groups in total. The molecule has 0 unspecified atom stereocenters. The van der Waals surface area contributed by atoms with Crippen LogP contribution in [0.5, 0.6) is 0 Å². The summed E-state index contributed by atoms with van der Waals surface area (Å²) in [5.74, 6) is 0. The molecule has 136 valence electrons. The van der Waals surface area contributed by atoms with Crippen molar-refractivity contribution in [1.29, 1.82) is 0 Å². The number of hydrogen-bond donors (Lipinski definition) is 0. The summed E-state index contributed by atoms with van der Waals surface area (Å²) in [5.41, 5.74) is 1.35. The van der Waals surface area contributed by atoms with Gasteiger partial charge in [0.25, 0.3) is 28.3 Å². The Morgan fingerprint density at radius 1 is 1.12 bits per heavy atom. The first-order valence-corrected chi connectivity index (χ1v) is 10.0. The van der Waals surface area contributed by atoms with Gasteiger partial charge >= 0.3 is 0 Å². The van der Waals surface area contributed by atoms with E-state index in [1.165, 1.54) is 15.6 Å². The Balaban J connectivity index is 0.000000251. The minimum Gasteiger partial charge on any atom is -0.744 e. The van der Waals surface area contributed by atoms with Crippen molar-refractivity contribution in [2.45, 2.75) is 37.5 Å². The van der Waals surface area contributed by atoms with Crippen molar-refractivity contribution >= 4 is 15.8 Å². The molecule has 0 bridgehead atoms. The molecular formula is C17H20INO5S. The summed E-state index contributed by atoms with van der Waals surface area (Å²) in [5, 5.41) is 10.2. The number of halogens is 1. The molecule has 0 aromatic heterocycles. The number of non-ortho nitro benzene ring substituents is 1. The lowest BCUT2D eigenvalue weighted by atomic mass is 9.82. The first kappa shape index (κ1) is 21.5. The van der Waals surface area contributed by atoms with Gasteiger partial charge in [0.2, 0.25) is 0 Å². The fourth-order valence-electron chi connectivity index (χ4n) is 1.86. The Morgan fingerprint density at radius 3 is 2.12 bits per heavy atom. The summed E-state index contributed by atoms with van der Waals surface area (Å²) < 4.78 is 32.6. The molecule has 0 radical (unpaired) electrons. The minimum absolute atomic E-state index is 0.328. The molecule has 0 aliphatic carbocycles. The average Bonchev–Trinajstić information content (AvgIpc) is 2.55. The van der Waals surface area contributed by atoms with Gasteiger partial charge in [0.15, 0.2) is 3.57 Å². The van der Waals surface area contributed by atoms with E-state index in [1.54, 1.807) is 0 Å². The molecule has 0 heterocycles. The van der Waals surface area contributed by atoms with Crippen LogP contribution in [0.3, 0.4) is 0 Å². The molecule has 2 aromatic carbocycles. The van der Waals surface area contributed by atoms with Gasteiger partial charge in [-0.25, -0.2) is 8.42 Å². The Kier molecular flexibility index (Phi) is 7.51. The standard InChI is InChI=1S/C11H16I.C6H5NO5S/c1-4-11(2,3)9-5-7-10(12)8-6-9;8-7(9)5-2-1-3-6(4-5)13(10,11)12/h5-8,12H,4H2,1-3H3;1-4H,(H,10,11,12)/q+1;/p-1. The van der Waals surface area contributed by atoms with Gasteiger partial charge in [0.1, 0.15) is 10.1 Å². The van der Waals surface area contributed by atoms with E-state index in [4.69, 9.17) is 0 Å². The smallest absolute Gasteiger partial charge is 0.296 e. The van der Waals surface area contributed by atoms with Crippen LogP contribution in [0.15, 0.2) is 53.4 Å². The van der Waals surface area contributed by atoms with Crippen molar-refractivity contribution in [3.8, 4) is 0 Å². The highest BCUT2D eigenvalue weighted by Gasteiger charge is 2.17. The van der Waals surface area contributed by atoms with Crippen LogP contribution < -0.4 is 22.6 Å². The second-order valence-corrected chi connectivity index (χ2v) is 8.70. The van der Waals surface area contributed by atoms with Crippen molar-refractivity contribution in [3.63, 3.8) is 0 Å². The Labute approximate surface area is 161 Å². The summed E-state index contributed by atoms with van der Waals surface area (Å²) in [6.45, 7) is 6.82. The normalized spacial score (nSPS) is 11.4. The highest BCUT2D eigenvalue weighted by Crippen LogP contribution is 2.25. The van der Waals surface area contributed by atoms with E-state index in [0.717, 1.165) is 24.3 Å². The molecule has 0 atom stereocenters. The first-order chi connectivity index (χ1) is 11.5. The topological polar surface area (TPSA) is 100 Å². The van der Waals surface area contributed by atoms with Crippen LogP contribution in [0, 0.1) is 13.7 Å². The molecule has 0 fully saturated rings. The van der Waals surface area contributed by atoms with Crippen LogP contribution in [0.1, 0.15) is 32.8 Å². The molecule has 2 rings (SSSR count). The van der Waals surface area contributed by atoms with Crippen molar-refractivity contribution in [3.05, 3.63) is 67.8 Å². The van der Waals surface area contributed by atoms with Crippen molar-refractivity contribution in [1.82, 2.24) is 0 Å². The Bertz CT molecular complexity index is 832. The second kappa shape index (κ2) is 8.72. The number of benzene rings is 2. The number of hydrogen-bond acceptors (Lipinski definition) is 5. The van der Waals surface area contributed by atoms with Crippen LogP contribution in [-0.4, -0.2) is 17.9 Å². The van der Waals surface area contributed by atoms with Gasteiger partial charge in [-0.2, -0.15) is 0 Å². The van der Waals surface area contributed by atoms with Gasteiger partial charge in [0, 0.05) is 12.1 Å². The summed E-state index contributed by atoms with van der Waals surface area (Å²) in [7, 11) is -4.61. The highest BCUT2D eigenvalue weighted by atomic mass is 127. The summed E-state index contributed by atoms with van der Waals surface area (Å²) >= 11 is 2.06. The van der Waals surface area contributed by atoms with E-state index in [1.807, 2.05) is 0 Å². The highest BCUT2D eigenvalue weighted by molar-refractivity contribution is 7.85. The van der Waals surface area contributed by atoms with Gasteiger partial charge in [0.05, 0.1) is 9.82 Å². The van der Waals surface area contributed by atoms with Gasteiger partial charge in [-0.05, 0) is 35.6 Å². The molecule has 0 amide bonds. The maximum atomic E-state index is 10.4. The molecule has 0 spiro atoms. The monoisotopic (exact) mass is 477 g/mol. The maximum absolute atomic E-state index is 10.4. The lowest BCUT2D eigenvalue weighted by molar-refractivity contribution is -0.385. The van der Waals surface area contributed by atoms with E-state index in [-0.39, 0.29) is 0 Å². The fraction of sp³-hybridized carbons (Fsp3) is 0.294. The van der Waals surface area contributed by atoms with Crippen LogP contribution in [-0.2, 0) is 15.5 Å². The van der Waals surface area contributed by atoms with E-state index < -0.39 is 25.6 Å². The van der Waals surface area contributed by atoms with Crippen LogP contribution >= 0.6 is 0 Å². The zero-order chi connectivity index (χ0) is 19.3. The summed E-state index contributed by atoms with van der Waals surface area (Å²) in [6, 6.07) is 12.8. The maximum Gasteiger partial charge on any atom is 0.296 e. The Hall–Kier alpha value is -1.52. The fourth-order valence-corrected chi connectivity index (χ4v) is 2.76. The Morgan fingerprint density at radius 2 is 1.68 bits per heavy atom. The van der Waals surface area contributed by atoms with E-state index in [9.17, 15) is 23.1 Å². The van der Waals surface area contributed by atoms with E-state index >= 15 is 0 Å². The second-order valence-electron chi connectivity index (χ2n) is 5.97. The van der Waals surface area contributed by atoms with E-state index in [0.29, 0.717) is 5.41 Å². The van der Waals surface area contributed by atoms with Crippen molar-refractivity contribution in [2.75, 3.05) is 0 Å². The molecular weight excluding hydrogens is 457 g/mol. The third kappa shape index (κ3) is 6.71. The first-order valence-electron chi connectivity index (χ1n) is 7.45. The largest absolute Gasteiger partial charge is 0.744 e. The number of nitrogens with zero attached hydrogens (tertiary/aromatic N) is 1. The van der Waals surface area contributed by atoms with Crippen LogP contribution in [0.25, 0.3) is 0 Å². The van der Waals surface area contributed by atoms with Crippen LogP contribution in [0.4, 0.5) is 5.69 Å². The van der Waals surface area contributed by atoms with Gasteiger partial charge < -0.3 is 4.55 Å². The molecule has 0 saturated heterocycles. The predicted molar refractivity (Wildman–Crippen MR) is 90.9 cm³/mol. The zero-order valence-electron chi connectivity index (χ0n) is 14.1. The van der Waals surface area contributed by atoms with Gasteiger partial charge in [-0.1, -0.05) is 39.0 Å². The predicted octanol–water partition coefficient (Wildman–Crippen LogP) is 0.328. The molecule has 0 saturated carbocycles. The molecule has 25 heavy (non-hydrogen) atoms. The molecule has 8 heteroatoms. The molecule has 0 aliphatic heterocycles. The van der Waals surface area contributed by atoms with Crippen LogP contribution in [0.2, 0.25) is 0 Å². The number of nitro groups is 1. The lowest BCUT2D eigenvalue weighted by Gasteiger charge is -2.22. The van der Waals surface area contributed by atoms with Gasteiger partial charge in [-0.15, -0.1) is 0 Å². The van der Waals surface area contributed by atoms with E-state index in [2.05, 4.69) is 67.6 Å².